The molecule has 17 heavy (non-hydrogen) atoms. The van der Waals surface area contributed by atoms with Gasteiger partial charge in [0.2, 0.25) is 0 Å². The molecule has 0 bridgehead atoms. The number of hydrogen-bond acceptors (Lipinski definition) is 3. The summed E-state index contributed by atoms with van der Waals surface area (Å²) in [6.07, 6.45) is 5.36. The molecule has 0 radical (unpaired) electrons. The average Bonchev–Trinajstić information content (AvgIpc) is 2.91. The second kappa shape index (κ2) is 4.10. The van der Waals surface area contributed by atoms with Gasteiger partial charge in [-0.05, 0) is 31.4 Å². The summed E-state index contributed by atoms with van der Waals surface area (Å²) < 4.78 is 5.39. The summed E-state index contributed by atoms with van der Waals surface area (Å²) in [5.74, 6) is 1.39. The lowest BCUT2D eigenvalue weighted by Gasteiger charge is -2.00. The van der Waals surface area contributed by atoms with Gasteiger partial charge in [-0.25, -0.2) is 0 Å². The van der Waals surface area contributed by atoms with Crippen molar-refractivity contribution in [3.8, 4) is 17.5 Å². The lowest BCUT2D eigenvalue weighted by molar-refractivity contribution is 0.579. The topological polar surface area (TPSA) is 65.6 Å². The van der Waals surface area contributed by atoms with Crippen LogP contribution in [0.15, 0.2) is 22.8 Å². The van der Waals surface area contributed by atoms with Gasteiger partial charge in [0.1, 0.15) is 5.69 Å². The van der Waals surface area contributed by atoms with Crippen molar-refractivity contribution in [1.82, 2.24) is 10.2 Å². The molecule has 0 amide bonds. The maximum atomic E-state index is 8.73. The van der Waals surface area contributed by atoms with E-state index in [1.165, 1.54) is 18.5 Å². The second-order valence-electron chi connectivity index (χ2n) is 4.37. The van der Waals surface area contributed by atoms with Crippen LogP contribution in [0.4, 0.5) is 0 Å². The zero-order valence-corrected chi connectivity index (χ0v) is 9.44. The number of nitrogens with one attached hydrogen (secondary N) is 1. The van der Waals surface area contributed by atoms with E-state index in [1.807, 2.05) is 12.1 Å². The minimum atomic E-state index is 0.521. The van der Waals surface area contributed by atoms with Crippen LogP contribution >= 0.6 is 0 Å². The fourth-order valence-electron chi connectivity index (χ4n) is 2.14. The molecular formula is C13H13N3O. The molecule has 0 aromatic carbocycles. The van der Waals surface area contributed by atoms with Gasteiger partial charge in [-0.15, -0.1) is 0 Å². The van der Waals surface area contributed by atoms with Crippen LogP contribution in [0.1, 0.15) is 36.4 Å². The molecule has 3 rings (SSSR count). The predicted molar refractivity (Wildman–Crippen MR) is 62.2 cm³/mol. The summed E-state index contributed by atoms with van der Waals surface area (Å²) >= 11 is 0. The maximum Gasteiger partial charge on any atom is 0.154 e. The highest BCUT2D eigenvalue weighted by molar-refractivity contribution is 5.59. The van der Waals surface area contributed by atoms with Gasteiger partial charge in [0, 0.05) is 23.6 Å². The fourth-order valence-corrected chi connectivity index (χ4v) is 2.14. The third-order valence-corrected chi connectivity index (χ3v) is 3.13. The molecule has 1 aliphatic carbocycles. The van der Waals surface area contributed by atoms with E-state index in [2.05, 4.69) is 16.3 Å². The van der Waals surface area contributed by atoms with Gasteiger partial charge < -0.3 is 4.42 Å². The minimum absolute atomic E-state index is 0.521. The van der Waals surface area contributed by atoms with E-state index in [0.717, 1.165) is 23.4 Å². The van der Waals surface area contributed by atoms with Crippen molar-refractivity contribution in [3.05, 3.63) is 29.7 Å². The second-order valence-corrected chi connectivity index (χ2v) is 4.37. The zero-order chi connectivity index (χ0) is 11.7. The Kier molecular flexibility index (Phi) is 2.45. The Morgan fingerprint density at radius 3 is 3.06 bits per heavy atom. The van der Waals surface area contributed by atoms with E-state index in [9.17, 15) is 0 Å². The van der Waals surface area contributed by atoms with Crippen molar-refractivity contribution in [3.63, 3.8) is 0 Å². The molecule has 4 heteroatoms. The van der Waals surface area contributed by atoms with Gasteiger partial charge in [-0.3, -0.25) is 5.10 Å². The van der Waals surface area contributed by atoms with Gasteiger partial charge in [0.15, 0.2) is 5.76 Å². The number of nitrogens with zero attached hydrogens (tertiary/aromatic N) is 2. The van der Waals surface area contributed by atoms with Gasteiger partial charge in [0.05, 0.1) is 12.3 Å². The van der Waals surface area contributed by atoms with Crippen LogP contribution in [0, 0.1) is 11.3 Å². The summed E-state index contributed by atoms with van der Waals surface area (Å²) in [4.78, 5) is 0. The Bertz CT molecular complexity index is 544. The smallest absolute Gasteiger partial charge is 0.154 e. The Morgan fingerprint density at radius 1 is 1.53 bits per heavy atom. The van der Waals surface area contributed by atoms with Crippen molar-refractivity contribution in [1.29, 1.82) is 5.26 Å². The quantitative estimate of drug-likeness (QED) is 0.873. The summed E-state index contributed by atoms with van der Waals surface area (Å²) in [6, 6.07) is 5.95. The number of nitriles is 1. The molecule has 2 aromatic rings. The first-order valence-corrected chi connectivity index (χ1v) is 5.88. The normalized spacial score (nSPS) is 14.8. The molecule has 0 saturated heterocycles. The van der Waals surface area contributed by atoms with Crippen molar-refractivity contribution in [2.24, 2.45) is 0 Å². The highest BCUT2D eigenvalue weighted by Gasteiger charge is 2.30. The minimum Gasteiger partial charge on any atom is -0.463 e. The van der Waals surface area contributed by atoms with Crippen LogP contribution in [0.3, 0.4) is 0 Å². The zero-order valence-electron chi connectivity index (χ0n) is 9.44. The molecule has 4 nitrogen and oxygen atoms in total. The highest BCUT2D eigenvalue weighted by atomic mass is 16.3. The van der Waals surface area contributed by atoms with Crippen LogP contribution < -0.4 is 0 Å². The number of rotatable bonds is 4. The molecule has 1 fully saturated rings. The van der Waals surface area contributed by atoms with Crippen LogP contribution in [0.5, 0.6) is 0 Å². The fraction of sp³-hybridized carbons (Fsp3) is 0.385. The number of furan rings is 1. The lowest BCUT2D eigenvalue weighted by atomic mass is 10.0. The van der Waals surface area contributed by atoms with Crippen LogP contribution in [0.25, 0.3) is 11.5 Å². The van der Waals surface area contributed by atoms with Gasteiger partial charge in [-0.1, -0.05) is 0 Å². The Labute approximate surface area is 99.3 Å². The number of H-pyrrole nitrogens is 1. The number of aromatic nitrogens is 2. The molecule has 2 aromatic heterocycles. The van der Waals surface area contributed by atoms with E-state index in [0.29, 0.717) is 12.3 Å². The highest BCUT2D eigenvalue weighted by Crippen LogP contribution is 2.42. The van der Waals surface area contributed by atoms with Crippen LogP contribution in [0.2, 0.25) is 0 Å². The van der Waals surface area contributed by atoms with Gasteiger partial charge in [0.25, 0.3) is 0 Å². The summed E-state index contributed by atoms with van der Waals surface area (Å²) in [7, 11) is 0. The predicted octanol–water partition coefficient (Wildman–Crippen LogP) is 3.00. The van der Waals surface area contributed by atoms with Crippen molar-refractivity contribution >= 4 is 0 Å². The molecule has 0 aliphatic heterocycles. The first-order valence-electron chi connectivity index (χ1n) is 5.88. The SMILES string of the molecule is N#CCCc1c(-c2ccco2)n[nH]c1C1CC1. The summed E-state index contributed by atoms with van der Waals surface area (Å²) in [6.45, 7) is 0. The average molecular weight is 227 g/mol. The number of hydrogen-bond donors (Lipinski definition) is 1. The molecule has 0 spiro atoms. The first kappa shape index (κ1) is 10.2. The third kappa shape index (κ3) is 1.84. The molecule has 1 saturated carbocycles. The van der Waals surface area contributed by atoms with E-state index in [-0.39, 0.29) is 0 Å². The van der Waals surface area contributed by atoms with E-state index >= 15 is 0 Å². The maximum absolute atomic E-state index is 8.73. The molecule has 1 N–H and O–H groups in total. The van der Waals surface area contributed by atoms with Crippen molar-refractivity contribution in [2.75, 3.05) is 0 Å². The molecular weight excluding hydrogens is 214 g/mol. The summed E-state index contributed by atoms with van der Waals surface area (Å²) in [5, 5.41) is 16.2. The third-order valence-electron chi connectivity index (χ3n) is 3.13. The Hall–Kier alpha value is -2.02. The largest absolute Gasteiger partial charge is 0.463 e. The summed E-state index contributed by atoms with van der Waals surface area (Å²) in [5.41, 5.74) is 3.22. The monoisotopic (exact) mass is 227 g/mol. The van der Waals surface area contributed by atoms with E-state index in [4.69, 9.17) is 9.68 Å². The standard InChI is InChI=1S/C13H13N3O/c14-7-1-3-10-12(9-5-6-9)15-16-13(10)11-4-2-8-17-11/h2,4,8-9H,1,3,5-6H2,(H,15,16). The first-order chi connectivity index (χ1) is 8.40. The van der Waals surface area contributed by atoms with Crippen LogP contribution in [-0.2, 0) is 6.42 Å². The molecule has 0 atom stereocenters. The van der Waals surface area contributed by atoms with Crippen LogP contribution in [-0.4, -0.2) is 10.2 Å². The van der Waals surface area contributed by atoms with E-state index < -0.39 is 0 Å². The Morgan fingerprint density at radius 2 is 2.41 bits per heavy atom. The molecule has 86 valence electrons. The molecule has 0 unspecified atom stereocenters. The van der Waals surface area contributed by atoms with Gasteiger partial charge in [-0.2, -0.15) is 10.4 Å². The molecule has 1 aliphatic rings. The van der Waals surface area contributed by atoms with Gasteiger partial charge >= 0.3 is 0 Å². The Balaban J connectivity index is 2.00. The van der Waals surface area contributed by atoms with E-state index in [1.54, 1.807) is 6.26 Å². The lowest BCUT2D eigenvalue weighted by Crippen LogP contribution is -1.91. The number of aromatic amines is 1. The molecule has 2 heterocycles. The van der Waals surface area contributed by atoms with Crippen molar-refractivity contribution < 1.29 is 4.42 Å². The van der Waals surface area contributed by atoms with Crippen molar-refractivity contribution in [2.45, 2.75) is 31.6 Å².